The summed E-state index contributed by atoms with van der Waals surface area (Å²) in [5.41, 5.74) is 0.690. The Morgan fingerprint density at radius 2 is 2.20 bits per heavy atom. The first-order chi connectivity index (χ1) is 4.87. The third kappa shape index (κ3) is 0.878. The van der Waals surface area contributed by atoms with Gasteiger partial charge in [0.1, 0.15) is 0 Å². The van der Waals surface area contributed by atoms with Crippen LogP contribution in [0, 0.1) is 5.41 Å². The molecule has 0 aromatic carbocycles. The van der Waals surface area contributed by atoms with Gasteiger partial charge in [-0.15, -0.1) is 0 Å². The highest BCUT2D eigenvalue weighted by Gasteiger charge is 2.52. The van der Waals surface area contributed by atoms with Crippen LogP contribution in [-0.2, 0) is 4.74 Å². The van der Waals surface area contributed by atoms with E-state index in [0.717, 1.165) is 6.61 Å². The molecule has 0 aromatic rings. The van der Waals surface area contributed by atoms with Crippen molar-refractivity contribution in [1.29, 1.82) is 0 Å². The van der Waals surface area contributed by atoms with Gasteiger partial charge in [0.25, 0.3) is 0 Å². The maximum absolute atomic E-state index is 5.68. The van der Waals surface area contributed by atoms with Gasteiger partial charge in [-0.2, -0.15) is 0 Å². The van der Waals surface area contributed by atoms with Crippen LogP contribution in [0.15, 0.2) is 0 Å². The summed E-state index contributed by atoms with van der Waals surface area (Å²) in [5, 5.41) is 0. The van der Waals surface area contributed by atoms with Gasteiger partial charge >= 0.3 is 0 Å². The van der Waals surface area contributed by atoms with E-state index in [-0.39, 0.29) is 0 Å². The van der Waals surface area contributed by atoms with E-state index in [0.29, 0.717) is 11.5 Å². The van der Waals surface area contributed by atoms with Crippen LogP contribution in [0.1, 0.15) is 39.0 Å². The molecule has 0 radical (unpaired) electrons. The lowest BCUT2D eigenvalue weighted by Gasteiger charge is -2.17. The molecule has 0 bridgehead atoms. The lowest BCUT2D eigenvalue weighted by atomic mass is 10.0. The van der Waals surface area contributed by atoms with E-state index in [1.54, 1.807) is 0 Å². The van der Waals surface area contributed by atoms with Crippen molar-refractivity contribution in [2.75, 3.05) is 6.61 Å². The Hall–Kier alpha value is -0.0400. The second-order valence-corrected chi connectivity index (χ2v) is 3.70. The molecule has 1 unspecified atom stereocenters. The van der Waals surface area contributed by atoms with Crippen LogP contribution in [0.4, 0.5) is 0 Å². The summed E-state index contributed by atoms with van der Waals surface area (Å²) >= 11 is 0. The molecule has 10 heavy (non-hydrogen) atoms. The van der Waals surface area contributed by atoms with Gasteiger partial charge in [0.15, 0.2) is 0 Å². The predicted molar refractivity (Wildman–Crippen MR) is 40.9 cm³/mol. The van der Waals surface area contributed by atoms with Gasteiger partial charge in [-0.1, -0.05) is 6.42 Å². The minimum atomic E-state index is 0.637. The highest BCUT2D eigenvalue weighted by molar-refractivity contribution is 5.03. The molecule has 2 fully saturated rings. The first-order valence-electron chi connectivity index (χ1n) is 4.49. The fraction of sp³-hybridized carbons (Fsp3) is 1.00. The van der Waals surface area contributed by atoms with Crippen molar-refractivity contribution in [2.45, 2.75) is 45.1 Å². The molecule has 0 aliphatic heterocycles. The van der Waals surface area contributed by atoms with Gasteiger partial charge in [0, 0.05) is 6.61 Å². The van der Waals surface area contributed by atoms with Crippen LogP contribution in [0.2, 0.25) is 0 Å². The van der Waals surface area contributed by atoms with E-state index in [4.69, 9.17) is 4.74 Å². The summed E-state index contributed by atoms with van der Waals surface area (Å²) in [6.07, 6.45) is 7.70. The molecule has 0 heterocycles. The summed E-state index contributed by atoms with van der Waals surface area (Å²) in [7, 11) is 0. The maximum Gasteiger partial charge on any atom is 0.0631 e. The highest BCUT2D eigenvalue weighted by atomic mass is 16.5. The molecule has 1 spiro atoms. The van der Waals surface area contributed by atoms with Crippen LogP contribution in [-0.4, -0.2) is 12.7 Å². The molecule has 2 aliphatic carbocycles. The first kappa shape index (κ1) is 6.66. The zero-order chi connectivity index (χ0) is 7.03. The van der Waals surface area contributed by atoms with E-state index in [9.17, 15) is 0 Å². The van der Waals surface area contributed by atoms with Crippen LogP contribution in [0.25, 0.3) is 0 Å². The van der Waals surface area contributed by atoms with E-state index >= 15 is 0 Å². The normalized spacial score (nSPS) is 35.1. The molecule has 0 saturated heterocycles. The monoisotopic (exact) mass is 140 g/mol. The van der Waals surface area contributed by atoms with Crippen molar-refractivity contribution in [3.8, 4) is 0 Å². The number of hydrogen-bond acceptors (Lipinski definition) is 1. The Morgan fingerprint density at radius 3 is 2.80 bits per heavy atom. The van der Waals surface area contributed by atoms with E-state index in [2.05, 4.69) is 6.92 Å². The summed E-state index contributed by atoms with van der Waals surface area (Å²) in [6, 6.07) is 0. The molecular weight excluding hydrogens is 124 g/mol. The topological polar surface area (TPSA) is 9.23 Å². The van der Waals surface area contributed by atoms with Crippen molar-refractivity contribution < 1.29 is 4.74 Å². The van der Waals surface area contributed by atoms with Crippen LogP contribution < -0.4 is 0 Å². The van der Waals surface area contributed by atoms with Gasteiger partial charge in [0.2, 0.25) is 0 Å². The van der Waals surface area contributed by atoms with E-state index < -0.39 is 0 Å². The Balaban J connectivity index is 1.94. The predicted octanol–water partition coefficient (Wildman–Crippen LogP) is 2.36. The first-order valence-corrected chi connectivity index (χ1v) is 4.49. The number of ether oxygens (including phenoxy) is 1. The molecule has 1 nitrogen and oxygen atoms in total. The minimum Gasteiger partial charge on any atom is -0.378 e. The van der Waals surface area contributed by atoms with Gasteiger partial charge in [-0.25, -0.2) is 0 Å². The van der Waals surface area contributed by atoms with E-state index in [1.807, 2.05) is 0 Å². The van der Waals surface area contributed by atoms with Crippen LogP contribution >= 0.6 is 0 Å². The molecule has 2 saturated carbocycles. The second-order valence-electron chi connectivity index (χ2n) is 3.70. The molecule has 1 heteroatoms. The van der Waals surface area contributed by atoms with Crippen molar-refractivity contribution in [3.63, 3.8) is 0 Å². The Kier molecular flexibility index (Phi) is 1.48. The van der Waals surface area contributed by atoms with Gasteiger partial charge < -0.3 is 4.74 Å². The maximum atomic E-state index is 5.68. The minimum absolute atomic E-state index is 0.637. The van der Waals surface area contributed by atoms with Gasteiger partial charge in [0.05, 0.1) is 6.10 Å². The van der Waals surface area contributed by atoms with Crippen molar-refractivity contribution >= 4 is 0 Å². The molecule has 2 rings (SSSR count). The van der Waals surface area contributed by atoms with Gasteiger partial charge in [-0.3, -0.25) is 0 Å². The fourth-order valence-corrected chi connectivity index (χ4v) is 2.30. The van der Waals surface area contributed by atoms with Gasteiger partial charge in [-0.05, 0) is 38.0 Å². The SMILES string of the molecule is CCOC1CCCC12CC2. The average molecular weight is 140 g/mol. The van der Waals surface area contributed by atoms with Crippen LogP contribution in [0.3, 0.4) is 0 Å². The number of rotatable bonds is 2. The molecular formula is C9H16O. The van der Waals surface area contributed by atoms with Crippen molar-refractivity contribution in [3.05, 3.63) is 0 Å². The molecule has 1 atom stereocenters. The molecule has 58 valence electrons. The van der Waals surface area contributed by atoms with Crippen molar-refractivity contribution in [1.82, 2.24) is 0 Å². The highest BCUT2D eigenvalue weighted by Crippen LogP contribution is 2.58. The van der Waals surface area contributed by atoms with Crippen LogP contribution in [0.5, 0.6) is 0 Å². The summed E-state index contributed by atoms with van der Waals surface area (Å²) < 4.78 is 5.68. The zero-order valence-corrected chi connectivity index (χ0v) is 6.73. The average Bonchev–Trinajstić information content (AvgIpc) is 2.57. The fourth-order valence-electron chi connectivity index (χ4n) is 2.30. The molecule has 0 amide bonds. The smallest absolute Gasteiger partial charge is 0.0631 e. The Labute approximate surface area is 62.8 Å². The summed E-state index contributed by atoms with van der Waals surface area (Å²) in [5.74, 6) is 0. The molecule has 0 aromatic heterocycles. The number of hydrogen-bond donors (Lipinski definition) is 0. The molecule has 2 aliphatic rings. The summed E-state index contributed by atoms with van der Waals surface area (Å²) in [6.45, 7) is 3.01. The summed E-state index contributed by atoms with van der Waals surface area (Å²) in [4.78, 5) is 0. The van der Waals surface area contributed by atoms with E-state index in [1.165, 1.54) is 32.1 Å². The lowest BCUT2D eigenvalue weighted by Crippen LogP contribution is -2.18. The zero-order valence-electron chi connectivity index (χ0n) is 6.73. The third-order valence-corrected chi connectivity index (χ3v) is 3.08. The molecule has 0 N–H and O–H groups in total. The quantitative estimate of drug-likeness (QED) is 0.572. The third-order valence-electron chi connectivity index (χ3n) is 3.08. The standard InChI is InChI=1S/C9H16O/c1-2-10-8-4-3-5-9(8)6-7-9/h8H,2-7H2,1H3. The van der Waals surface area contributed by atoms with Crippen molar-refractivity contribution in [2.24, 2.45) is 5.41 Å². The lowest BCUT2D eigenvalue weighted by molar-refractivity contribution is 0.0270. The Bertz CT molecular complexity index is 127. The second kappa shape index (κ2) is 2.23. The largest absolute Gasteiger partial charge is 0.378 e. The Morgan fingerprint density at radius 1 is 1.40 bits per heavy atom.